The summed E-state index contributed by atoms with van der Waals surface area (Å²) in [5.74, 6) is -1.20. The van der Waals surface area contributed by atoms with E-state index in [2.05, 4.69) is 10.4 Å². The van der Waals surface area contributed by atoms with Crippen molar-refractivity contribution in [1.29, 1.82) is 0 Å². The zero-order valence-electron chi connectivity index (χ0n) is 11.2. The molecular formula is C13H19N3O3. The molecule has 1 rings (SSSR count). The van der Waals surface area contributed by atoms with Crippen molar-refractivity contribution in [2.75, 3.05) is 0 Å². The van der Waals surface area contributed by atoms with Gasteiger partial charge >= 0.3 is 5.97 Å². The van der Waals surface area contributed by atoms with Gasteiger partial charge in [-0.25, -0.2) is 0 Å². The van der Waals surface area contributed by atoms with Crippen LogP contribution < -0.4 is 5.32 Å². The Labute approximate surface area is 112 Å². The second kappa shape index (κ2) is 7.35. The topological polar surface area (TPSA) is 84.2 Å². The van der Waals surface area contributed by atoms with Gasteiger partial charge in [0.25, 0.3) is 0 Å². The first-order valence-corrected chi connectivity index (χ1v) is 6.20. The summed E-state index contributed by atoms with van der Waals surface area (Å²) < 4.78 is 1.64. The Morgan fingerprint density at radius 3 is 2.84 bits per heavy atom. The minimum atomic E-state index is -0.907. The van der Waals surface area contributed by atoms with Crippen LogP contribution in [0.3, 0.4) is 0 Å². The number of amides is 1. The van der Waals surface area contributed by atoms with Gasteiger partial charge in [0, 0.05) is 30.9 Å². The van der Waals surface area contributed by atoms with Crippen molar-refractivity contribution >= 4 is 18.0 Å². The van der Waals surface area contributed by atoms with Gasteiger partial charge in [-0.15, -0.1) is 0 Å². The molecule has 0 saturated heterocycles. The highest BCUT2D eigenvalue weighted by molar-refractivity contribution is 5.92. The Kier molecular flexibility index (Phi) is 5.78. The van der Waals surface area contributed by atoms with Crippen LogP contribution in [0.5, 0.6) is 0 Å². The number of rotatable bonds is 7. The van der Waals surface area contributed by atoms with Gasteiger partial charge in [-0.2, -0.15) is 5.10 Å². The van der Waals surface area contributed by atoms with Crippen LogP contribution in [-0.4, -0.2) is 32.8 Å². The number of carboxylic acids is 1. The maximum atomic E-state index is 11.7. The molecule has 0 aliphatic heterocycles. The molecule has 1 unspecified atom stereocenters. The van der Waals surface area contributed by atoms with Gasteiger partial charge in [-0.1, -0.05) is 13.3 Å². The number of aliphatic carboxylic acids is 1. The lowest BCUT2D eigenvalue weighted by Gasteiger charge is -2.14. The van der Waals surface area contributed by atoms with E-state index in [0.29, 0.717) is 6.42 Å². The van der Waals surface area contributed by atoms with E-state index in [-0.39, 0.29) is 18.4 Å². The fraction of sp³-hybridized carbons (Fsp3) is 0.462. The van der Waals surface area contributed by atoms with Gasteiger partial charge in [-0.3, -0.25) is 14.3 Å². The van der Waals surface area contributed by atoms with Crippen molar-refractivity contribution in [2.24, 2.45) is 7.05 Å². The highest BCUT2D eigenvalue weighted by Crippen LogP contribution is 2.03. The number of nitrogens with zero attached hydrogens (tertiary/aromatic N) is 2. The Balaban J connectivity index is 2.52. The van der Waals surface area contributed by atoms with E-state index in [0.717, 1.165) is 12.0 Å². The Hall–Kier alpha value is -2.11. The minimum absolute atomic E-state index is 0.0552. The summed E-state index contributed by atoms with van der Waals surface area (Å²) in [6.45, 7) is 1.95. The number of nitrogens with one attached hydrogen (secondary N) is 1. The molecule has 0 radical (unpaired) electrons. The predicted octanol–water partition coefficient (Wildman–Crippen LogP) is 1.19. The van der Waals surface area contributed by atoms with Crippen LogP contribution >= 0.6 is 0 Å². The first-order valence-electron chi connectivity index (χ1n) is 6.20. The zero-order valence-corrected chi connectivity index (χ0v) is 11.2. The summed E-state index contributed by atoms with van der Waals surface area (Å²) >= 11 is 0. The molecule has 0 spiro atoms. The van der Waals surface area contributed by atoms with Crippen LogP contribution in [0, 0.1) is 0 Å². The monoisotopic (exact) mass is 265 g/mol. The highest BCUT2D eigenvalue weighted by Gasteiger charge is 2.13. The predicted molar refractivity (Wildman–Crippen MR) is 71.3 cm³/mol. The molecule has 1 aromatic heterocycles. The number of aromatic nitrogens is 2. The average molecular weight is 265 g/mol. The Morgan fingerprint density at radius 1 is 1.58 bits per heavy atom. The molecule has 0 saturated carbocycles. The molecule has 6 nitrogen and oxygen atoms in total. The van der Waals surface area contributed by atoms with Crippen molar-refractivity contribution < 1.29 is 14.7 Å². The van der Waals surface area contributed by atoms with Crippen molar-refractivity contribution in [1.82, 2.24) is 15.1 Å². The molecule has 0 bridgehead atoms. The molecule has 0 fully saturated rings. The van der Waals surface area contributed by atoms with E-state index in [9.17, 15) is 9.59 Å². The smallest absolute Gasteiger partial charge is 0.305 e. The van der Waals surface area contributed by atoms with Crippen LogP contribution in [0.25, 0.3) is 6.08 Å². The summed E-state index contributed by atoms with van der Waals surface area (Å²) in [4.78, 5) is 22.3. The molecule has 1 amide bonds. The number of carbonyl (C=O) groups excluding carboxylic acids is 1. The summed E-state index contributed by atoms with van der Waals surface area (Å²) in [5.41, 5.74) is 0.822. The third-order valence-corrected chi connectivity index (χ3v) is 2.56. The summed E-state index contributed by atoms with van der Waals surface area (Å²) in [6, 6.07) is -0.325. The van der Waals surface area contributed by atoms with E-state index < -0.39 is 5.97 Å². The molecule has 19 heavy (non-hydrogen) atoms. The zero-order chi connectivity index (χ0) is 14.3. The molecule has 1 atom stereocenters. The van der Waals surface area contributed by atoms with Crippen molar-refractivity contribution in [3.63, 3.8) is 0 Å². The third kappa shape index (κ3) is 5.85. The first-order chi connectivity index (χ1) is 9.01. The third-order valence-electron chi connectivity index (χ3n) is 2.56. The molecule has 0 aromatic carbocycles. The van der Waals surface area contributed by atoms with Gasteiger partial charge in [0.05, 0.1) is 12.6 Å². The second-order valence-corrected chi connectivity index (χ2v) is 4.37. The van der Waals surface area contributed by atoms with Gasteiger partial charge in [0.15, 0.2) is 0 Å². The normalized spacial score (nSPS) is 12.5. The standard InChI is InChI=1S/C13H19N3O3/c1-3-4-11(7-13(18)19)15-12(17)6-5-10-8-14-16(2)9-10/h5-6,8-9,11H,3-4,7H2,1-2H3,(H,15,17)(H,18,19)/b6-5+. The molecule has 1 heterocycles. The molecule has 1 aromatic rings. The highest BCUT2D eigenvalue weighted by atomic mass is 16.4. The lowest BCUT2D eigenvalue weighted by Crippen LogP contribution is -2.35. The summed E-state index contributed by atoms with van der Waals surface area (Å²) in [5, 5.41) is 15.4. The number of carbonyl (C=O) groups is 2. The molecule has 2 N–H and O–H groups in total. The van der Waals surface area contributed by atoms with Crippen LogP contribution in [0.2, 0.25) is 0 Å². The lowest BCUT2D eigenvalue weighted by molar-refractivity contribution is -0.137. The molecule has 6 heteroatoms. The van der Waals surface area contributed by atoms with Crippen LogP contribution in [0.15, 0.2) is 18.5 Å². The summed E-state index contributed by atoms with van der Waals surface area (Å²) in [7, 11) is 1.79. The molecule has 104 valence electrons. The van der Waals surface area contributed by atoms with Gasteiger partial charge in [-0.05, 0) is 12.5 Å². The Morgan fingerprint density at radius 2 is 2.32 bits per heavy atom. The quantitative estimate of drug-likeness (QED) is 0.725. The molecule has 0 aliphatic rings. The number of hydrogen-bond donors (Lipinski definition) is 2. The van der Waals surface area contributed by atoms with E-state index in [1.54, 1.807) is 30.2 Å². The average Bonchev–Trinajstić information content (AvgIpc) is 2.72. The van der Waals surface area contributed by atoms with Crippen molar-refractivity contribution in [3.8, 4) is 0 Å². The lowest BCUT2D eigenvalue weighted by atomic mass is 10.1. The van der Waals surface area contributed by atoms with Gasteiger partial charge < -0.3 is 10.4 Å². The number of carboxylic acid groups (broad SMARTS) is 1. The van der Waals surface area contributed by atoms with Crippen LogP contribution in [0.1, 0.15) is 31.7 Å². The van der Waals surface area contributed by atoms with E-state index in [4.69, 9.17) is 5.11 Å². The van der Waals surface area contributed by atoms with E-state index >= 15 is 0 Å². The number of hydrogen-bond acceptors (Lipinski definition) is 3. The van der Waals surface area contributed by atoms with Crippen LogP contribution in [0.4, 0.5) is 0 Å². The van der Waals surface area contributed by atoms with E-state index in [1.165, 1.54) is 6.08 Å². The minimum Gasteiger partial charge on any atom is -0.481 e. The second-order valence-electron chi connectivity index (χ2n) is 4.37. The van der Waals surface area contributed by atoms with Crippen molar-refractivity contribution in [2.45, 2.75) is 32.2 Å². The maximum Gasteiger partial charge on any atom is 0.305 e. The fourth-order valence-electron chi connectivity index (χ4n) is 1.73. The molecule has 0 aliphatic carbocycles. The first kappa shape index (κ1) is 14.9. The van der Waals surface area contributed by atoms with E-state index in [1.807, 2.05) is 6.92 Å². The van der Waals surface area contributed by atoms with Crippen molar-refractivity contribution in [3.05, 3.63) is 24.0 Å². The van der Waals surface area contributed by atoms with Gasteiger partial charge in [0.2, 0.25) is 5.91 Å². The van der Waals surface area contributed by atoms with Gasteiger partial charge in [0.1, 0.15) is 0 Å². The molecular weight excluding hydrogens is 246 g/mol. The largest absolute Gasteiger partial charge is 0.481 e. The Bertz CT molecular complexity index is 465. The summed E-state index contributed by atoms with van der Waals surface area (Å²) in [6.07, 6.45) is 7.88. The fourth-order valence-corrected chi connectivity index (χ4v) is 1.73. The number of aryl methyl sites for hydroxylation is 1. The SMILES string of the molecule is CCCC(CC(=O)O)NC(=O)/C=C/c1cnn(C)c1. The maximum absolute atomic E-state index is 11.7. The van der Waals surface area contributed by atoms with Crippen LogP contribution in [-0.2, 0) is 16.6 Å².